The predicted molar refractivity (Wildman–Crippen MR) is 88.2 cm³/mol. The predicted octanol–water partition coefficient (Wildman–Crippen LogP) is 2.33. The van der Waals surface area contributed by atoms with E-state index >= 15 is 0 Å². The first-order valence-electron chi connectivity index (χ1n) is 8.00. The molecular formula is C18H20N2O4. The van der Waals surface area contributed by atoms with Crippen molar-refractivity contribution in [1.29, 1.82) is 0 Å². The number of amides is 1. The van der Waals surface area contributed by atoms with Crippen molar-refractivity contribution in [3.05, 3.63) is 48.3 Å². The van der Waals surface area contributed by atoms with Crippen LogP contribution in [0.25, 0.3) is 0 Å². The van der Waals surface area contributed by atoms with Gasteiger partial charge in [0.1, 0.15) is 12.4 Å². The highest BCUT2D eigenvalue weighted by molar-refractivity contribution is 5.75. The summed E-state index contributed by atoms with van der Waals surface area (Å²) in [4.78, 5) is 16.0. The largest absolute Gasteiger partial charge is 0.492 e. The summed E-state index contributed by atoms with van der Waals surface area (Å²) in [5, 5.41) is 2.85. The third kappa shape index (κ3) is 4.62. The van der Waals surface area contributed by atoms with Gasteiger partial charge in [-0.3, -0.25) is 9.78 Å². The van der Waals surface area contributed by atoms with Gasteiger partial charge in [-0.1, -0.05) is 6.07 Å². The van der Waals surface area contributed by atoms with Gasteiger partial charge < -0.3 is 19.5 Å². The zero-order valence-corrected chi connectivity index (χ0v) is 13.4. The molecule has 1 aliphatic heterocycles. The molecule has 0 saturated carbocycles. The molecule has 1 aromatic carbocycles. The quantitative estimate of drug-likeness (QED) is 0.753. The van der Waals surface area contributed by atoms with Crippen LogP contribution in [0.2, 0.25) is 0 Å². The molecule has 6 heteroatoms. The molecule has 24 heavy (non-hydrogen) atoms. The fourth-order valence-electron chi connectivity index (χ4n) is 2.39. The minimum Gasteiger partial charge on any atom is -0.492 e. The number of pyridine rings is 1. The van der Waals surface area contributed by atoms with Crippen LogP contribution in [-0.4, -0.2) is 30.8 Å². The standard InChI is InChI=1S/C18H20N2O4/c21-18(6-3-5-14-4-1-2-9-19-14)20-10-11-22-15-7-8-16-17(12-15)24-13-23-16/h1-2,4,7-9,12H,3,5-6,10-11,13H2,(H,20,21). The maximum Gasteiger partial charge on any atom is 0.231 e. The molecule has 0 unspecified atom stereocenters. The van der Waals surface area contributed by atoms with Crippen molar-refractivity contribution in [1.82, 2.24) is 10.3 Å². The lowest BCUT2D eigenvalue weighted by atomic mass is 10.2. The van der Waals surface area contributed by atoms with Crippen molar-refractivity contribution < 1.29 is 19.0 Å². The Morgan fingerprint density at radius 3 is 3.00 bits per heavy atom. The number of aryl methyl sites for hydroxylation is 1. The first kappa shape index (κ1) is 16.1. The summed E-state index contributed by atoms with van der Waals surface area (Å²) in [6.07, 6.45) is 3.84. The molecule has 3 rings (SSSR count). The Morgan fingerprint density at radius 1 is 1.21 bits per heavy atom. The van der Waals surface area contributed by atoms with Gasteiger partial charge in [-0.05, 0) is 37.1 Å². The van der Waals surface area contributed by atoms with Crippen LogP contribution in [0.1, 0.15) is 18.5 Å². The van der Waals surface area contributed by atoms with Gasteiger partial charge in [0.2, 0.25) is 12.7 Å². The molecular weight excluding hydrogens is 308 g/mol. The zero-order valence-electron chi connectivity index (χ0n) is 13.4. The van der Waals surface area contributed by atoms with Gasteiger partial charge in [0.05, 0.1) is 6.54 Å². The van der Waals surface area contributed by atoms with Crippen LogP contribution in [0.3, 0.4) is 0 Å². The number of aromatic nitrogens is 1. The van der Waals surface area contributed by atoms with Crippen LogP contribution in [0.4, 0.5) is 0 Å². The maximum absolute atomic E-state index is 11.8. The SMILES string of the molecule is O=C(CCCc1ccccn1)NCCOc1ccc2c(c1)OCO2. The van der Waals surface area contributed by atoms with Crippen molar-refractivity contribution in [3.63, 3.8) is 0 Å². The van der Waals surface area contributed by atoms with Gasteiger partial charge in [0, 0.05) is 24.4 Å². The summed E-state index contributed by atoms with van der Waals surface area (Å²) in [5.41, 5.74) is 1.01. The number of fused-ring (bicyclic) bond motifs is 1. The van der Waals surface area contributed by atoms with Crippen molar-refractivity contribution in [3.8, 4) is 17.2 Å². The maximum atomic E-state index is 11.8. The second-order valence-corrected chi connectivity index (χ2v) is 5.39. The lowest BCUT2D eigenvalue weighted by Gasteiger charge is -2.08. The van der Waals surface area contributed by atoms with E-state index in [4.69, 9.17) is 14.2 Å². The van der Waals surface area contributed by atoms with Crippen LogP contribution in [-0.2, 0) is 11.2 Å². The third-order valence-corrected chi connectivity index (χ3v) is 3.60. The molecule has 126 valence electrons. The molecule has 1 amide bonds. The molecule has 1 aromatic heterocycles. The first-order chi connectivity index (χ1) is 11.8. The monoisotopic (exact) mass is 328 g/mol. The Labute approximate surface area is 140 Å². The number of carbonyl (C=O) groups excluding carboxylic acids is 1. The summed E-state index contributed by atoms with van der Waals surface area (Å²) in [5.74, 6) is 2.14. The number of hydrogen-bond acceptors (Lipinski definition) is 5. The first-order valence-corrected chi connectivity index (χ1v) is 8.00. The van der Waals surface area contributed by atoms with Crippen LogP contribution in [0.5, 0.6) is 17.2 Å². The number of ether oxygens (including phenoxy) is 3. The molecule has 0 radical (unpaired) electrons. The fourth-order valence-corrected chi connectivity index (χ4v) is 2.39. The molecule has 0 aliphatic carbocycles. The van der Waals surface area contributed by atoms with Crippen molar-refractivity contribution in [2.45, 2.75) is 19.3 Å². The lowest BCUT2D eigenvalue weighted by molar-refractivity contribution is -0.121. The van der Waals surface area contributed by atoms with Gasteiger partial charge >= 0.3 is 0 Å². The Morgan fingerprint density at radius 2 is 2.12 bits per heavy atom. The van der Waals surface area contributed by atoms with Crippen LogP contribution >= 0.6 is 0 Å². The van der Waals surface area contributed by atoms with E-state index < -0.39 is 0 Å². The Balaban J connectivity index is 1.29. The van der Waals surface area contributed by atoms with Crippen LogP contribution < -0.4 is 19.5 Å². The average molecular weight is 328 g/mol. The number of hydrogen-bond donors (Lipinski definition) is 1. The van der Waals surface area contributed by atoms with Crippen LogP contribution in [0.15, 0.2) is 42.6 Å². The van der Waals surface area contributed by atoms with Crippen molar-refractivity contribution >= 4 is 5.91 Å². The van der Waals surface area contributed by atoms with Gasteiger partial charge in [0.15, 0.2) is 11.5 Å². The normalized spacial score (nSPS) is 12.0. The number of nitrogens with zero attached hydrogens (tertiary/aromatic N) is 1. The summed E-state index contributed by atoms with van der Waals surface area (Å²) in [6, 6.07) is 11.2. The van der Waals surface area contributed by atoms with E-state index in [0.717, 1.165) is 24.3 Å². The molecule has 0 bridgehead atoms. The second-order valence-electron chi connectivity index (χ2n) is 5.39. The Hall–Kier alpha value is -2.76. The van der Waals surface area contributed by atoms with Gasteiger partial charge in [-0.2, -0.15) is 0 Å². The highest BCUT2D eigenvalue weighted by atomic mass is 16.7. The van der Waals surface area contributed by atoms with E-state index in [9.17, 15) is 4.79 Å². The molecule has 6 nitrogen and oxygen atoms in total. The summed E-state index contributed by atoms with van der Waals surface area (Å²) in [6.45, 7) is 1.12. The summed E-state index contributed by atoms with van der Waals surface area (Å²) >= 11 is 0. The number of benzene rings is 1. The Kier molecular flexibility index (Phi) is 5.50. The van der Waals surface area contributed by atoms with E-state index in [1.165, 1.54) is 0 Å². The molecule has 1 aliphatic rings. The molecule has 1 N–H and O–H groups in total. The van der Waals surface area contributed by atoms with E-state index in [1.54, 1.807) is 12.3 Å². The zero-order chi connectivity index (χ0) is 16.6. The minimum atomic E-state index is 0.0280. The molecule has 0 fully saturated rings. The Bertz CT molecular complexity index is 676. The minimum absolute atomic E-state index is 0.0280. The lowest BCUT2D eigenvalue weighted by Crippen LogP contribution is -2.27. The van der Waals surface area contributed by atoms with E-state index in [0.29, 0.717) is 31.1 Å². The number of nitrogens with one attached hydrogen (secondary N) is 1. The molecule has 0 spiro atoms. The van der Waals surface area contributed by atoms with Gasteiger partial charge in [-0.25, -0.2) is 0 Å². The summed E-state index contributed by atoms with van der Waals surface area (Å²) in [7, 11) is 0. The summed E-state index contributed by atoms with van der Waals surface area (Å²) < 4.78 is 16.1. The van der Waals surface area contributed by atoms with Gasteiger partial charge in [-0.15, -0.1) is 0 Å². The molecule has 2 heterocycles. The van der Waals surface area contributed by atoms with E-state index in [2.05, 4.69) is 10.3 Å². The van der Waals surface area contributed by atoms with Gasteiger partial charge in [0.25, 0.3) is 0 Å². The molecule has 2 aromatic rings. The van der Waals surface area contributed by atoms with Crippen molar-refractivity contribution in [2.24, 2.45) is 0 Å². The smallest absolute Gasteiger partial charge is 0.231 e. The average Bonchev–Trinajstić information content (AvgIpc) is 3.07. The molecule has 0 saturated heterocycles. The van der Waals surface area contributed by atoms with E-state index in [-0.39, 0.29) is 12.7 Å². The highest BCUT2D eigenvalue weighted by Crippen LogP contribution is 2.34. The van der Waals surface area contributed by atoms with Crippen LogP contribution in [0, 0.1) is 0 Å². The number of carbonyl (C=O) groups is 1. The third-order valence-electron chi connectivity index (χ3n) is 3.60. The van der Waals surface area contributed by atoms with E-state index in [1.807, 2.05) is 30.3 Å². The topological polar surface area (TPSA) is 69.7 Å². The molecule has 0 atom stereocenters. The second kappa shape index (κ2) is 8.19. The van der Waals surface area contributed by atoms with Crippen molar-refractivity contribution in [2.75, 3.05) is 19.9 Å². The highest BCUT2D eigenvalue weighted by Gasteiger charge is 2.13. The fraction of sp³-hybridized carbons (Fsp3) is 0.333. The number of rotatable bonds is 8.